The van der Waals surface area contributed by atoms with E-state index in [1.807, 2.05) is 25.1 Å². The number of methoxy groups -OCH3 is 1. The van der Waals surface area contributed by atoms with Gasteiger partial charge in [-0.15, -0.1) is 0 Å². The topological polar surface area (TPSA) is 116 Å². The molecule has 34 heavy (non-hydrogen) atoms. The molecular weight excluding hydrogens is 452 g/mol. The van der Waals surface area contributed by atoms with E-state index in [0.717, 1.165) is 17.3 Å². The van der Waals surface area contributed by atoms with E-state index >= 15 is 0 Å². The molecule has 0 aliphatic rings. The minimum Gasteiger partial charge on any atom is -0.495 e. The predicted octanol–water partition coefficient (Wildman–Crippen LogP) is 3.53. The van der Waals surface area contributed by atoms with E-state index in [0.29, 0.717) is 38.7 Å². The minimum atomic E-state index is -0.541. The molecule has 0 aliphatic carbocycles. The van der Waals surface area contributed by atoms with Crippen LogP contribution in [0.3, 0.4) is 0 Å². The van der Waals surface area contributed by atoms with Gasteiger partial charge in [0.25, 0.3) is 5.56 Å². The quantitative estimate of drug-likeness (QED) is 0.313. The molecule has 0 unspecified atom stereocenters. The number of primary amides is 1. The molecule has 172 valence electrons. The maximum atomic E-state index is 13.5. The number of rotatable bonds is 7. The lowest BCUT2D eigenvalue weighted by atomic mass is 10.2. The van der Waals surface area contributed by atoms with Gasteiger partial charge >= 0.3 is 0 Å². The van der Waals surface area contributed by atoms with E-state index in [1.54, 1.807) is 36.4 Å². The van der Waals surface area contributed by atoms with Crippen molar-refractivity contribution in [3.8, 4) is 11.4 Å². The van der Waals surface area contributed by atoms with Crippen LogP contribution in [0.15, 0.2) is 76.7 Å². The molecule has 0 radical (unpaired) electrons. The molecule has 0 spiro atoms. The van der Waals surface area contributed by atoms with Crippen LogP contribution < -0.4 is 21.3 Å². The van der Waals surface area contributed by atoms with Gasteiger partial charge in [-0.1, -0.05) is 30.0 Å². The fourth-order valence-electron chi connectivity index (χ4n) is 3.44. The van der Waals surface area contributed by atoms with Gasteiger partial charge in [-0.25, -0.2) is 4.98 Å². The van der Waals surface area contributed by atoms with Crippen molar-refractivity contribution in [1.29, 1.82) is 0 Å². The van der Waals surface area contributed by atoms with E-state index in [-0.39, 0.29) is 17.2 Å². The number of nitrogens with two attached hydrogens (primary N) is 1. The summed E-state index contributed by atoms with van der Waals surface area (Å²) in [6.07, 6.45) is 0. The Bertz CT molecular complexity index is 1450. The van der Waals surface area contributed by atoms with Crippen LogP contribution in [0.25, 0.3) is 16.6 Å². The molecule has 1 aromatic heterocycles. The van der Waals surface area contributed by atoms with Crippen molar-refractivity contribution in [3.63, 3.8) is 0 Å². The van der Waals surface area contributed by atoms with Crippen molar-refractivity contribution in [1.82, 2.24) is 9.55 Å². The van der Waals surface area contributed by atoms with Crippen molar-refractivity contribution in [2.24, 2.45) is 5.73 Å². The van der Waals surface area contributed by atoms with Crippen LogP contribution in [0.4, 0.5) is 5.69 Å². The Hall–Kier alpha value is -4.11. The number of fused-ring (bicyclic) bond motifs is 1. The van der Waals surface area contributed by atoms with E-state index < -0.39 is 5.91 Å². The predicted molar refractivity (Wildman–Crippen MR) is 133 cm³/mol. The Labute approximate surface area is 199 Å². The SMILES string of the molecule is COc1ccc(C)cc1-n1c(SCC(=O)Nc2ccc(C(N)=O)cc2)nc2ccccc2c1=O. The molecule has 9 heteroatoms. The van der Waals surface area contributed by atoms with Gasteiger partial charge in [0.05, 0.1) is 29.5 Å². The maximum absolute atomic E-state index is 13.5. The van der Waals surface area contributed by atoms with Crippen molar-refractivity contribution in [2.75, 3.05) is 18.2 Å². The Morgan fingerprint density at radius 1 is 1.09 bits per heavy atom. The summed E-state index contributed by atoms with van der Waals surface area (Å²) in [6, 6.07) is 18.9. The molecule has 4 rings (SSSR count). The average molecular weight is 475 g/mol. The first kappa shape index (κ1) is 23.1. The van der Waals surface area contributed by atoms with Crippen LogP contribution in [-0.2, 0) is 4.79 Å². The number of nitrogens with one attached hydrogen (secondary N) is 1. The molecule has 0 saturated carbocycles. The summed E-state index contributed by atoms with van der Waals surface area (Å²) in [5.74, 6) is -0.302. The fourth-order valence-corrected chi connectivity index (χ4v) is 4.25. The van der Waals surface area contributed by atoms with Crippen LogP contribution in [-0.4, -0.2) is 34.2 Å². The molecule has 3 aromatic carbocycles. The Morgan fingerprint density at radius 3 is 2.53 bits per heavy atom. The van der Waals surface area contributed by atoms with Crippen molar-refractivity contribution in [2.45, 2.75) is 12.1 Å². The van der Waals surface area contributed by atoms with E-state index in [4.69, 9.17) is 10.5 Å². The molecule has 2 amide bonds. The number of hydrogen-bond donors (Lipinski definition) is 2. The first-order valence-corrected chi connectivity index (χ1v) is 11.4. The number of carbonyl (C=O) groups is 2. The van der Waals surface area contributed by atoms with Gasteiger partial charge in [0, 0.05) is 11.3 Å². The molecule has 0 atom stereocenters. The van der Waals surface area contributed by atoms with Crippen molar-refractivity contribution < 1.29 is 14.3 Å². The number of ether oxygens (including phenoxy) is 1. The number of amides is 2. The van der Waals surface area contributed by atoms with Crippen LogP contribution in [0.2, 0.25) is 0 Å². The first-order chi connectivity index (χ1) is 16.4. The molecule has 8 nitrogen and oxygen atoms in total. The summed E-state index contributed by atoms with van der Waals surface area (Å²) < 4.78 is 6.98. The third-order valence-corrected chi connectivity index (χ3v) is 6.04. The Kier molecular flexibility index (Phi) is 6.65. The second-order valence-electron chi connectivity index (χ2n) is 7.51. The highest BCUT2D eigenvalue weighted by atomic mass is 32.2. The fraction of sp³-hybridized carbons (Fsp3) is 0.120. The monoisotopic (exact) mass is 474 g/mol. The van der Waals surface area contributed by atoms with Crippen molar-refractivity contribution >= 4 is 40.2 Å². The molecule has 0 fully saturated rings. The smallest absolute Gasteiger partial charge is 0.266 e. The Balaban J connectivity index is 1.67. The number of nitrogens with zero attached hydrogens (tertiary/aromatic N) is 2. The standard InChI is InChI=1S/C25H22N4O4S/c1-15-7-12-21(33-2)20(13-15)29-24(32)18-5-3-4-6-19(18)28-25(29)34-14-22(30)27-17-10-8-16(9-11-17)23(26)31/h3-13H,14H2,1-2H3,(H2,26,31)(H,27,30). The number of anilines is 1. The lowest BCUT2D eigenvalue weighted by Crippen LogP contribution is -2.23. The van der Waals surface area contributed by atoms with Gasteiger partial charge < -0.3 is 15.8 Å². The lowest BCUT2D eigenvalue weighted by Gasteiger charge is -2.16. The molecule has 0 bridgehead atoms. The summed E-state index contributed by atoms with van der Waals surface area (Å²) >= 11 is 1.14. The van der Waals surface area contributed by atoms with Gasteiger partial charge in [0.15, 0.2) is 5.16 Å². The third-order valence-electron chi connectivity index (χ3n) is 5.11. The number of aryl methyl sites for hydroxylation is 1. The molecule has 0 aliphatic heterocycles. The number of benzene rings is 3. The number of para-hydroxylation sites is 1. The maximum Gasteiger partial charge on any atom is 0.266 e. The zero-order chi connectivity index (χ0) is 24.2. The Morgan fingerprint density at radius 2 is 1.82 bits per heavy atom. The van der Waals surface area contributed by atoms with Crippen LogP contribution in [0, 0.1) is 6.92 Å². The van der Waals surface area contributed by atoms with Gasteiger partial charge in [-0.3, -0.25) is 19.0 Å². The highest BCUT2D eigenvalue weighted by Gasteiger charge is 2.18. The van der Waals surface area contributed by atoms with Crippen LogP contribution in [0.1, 0.15) is 15.9 Å². The summed E-state index contributed by atoms with van der Waals surface area (Å²) in [6.45, 7) is 1.92. The zero-order valence-corrected chi connectivity index (χ0v) is 19.4. The van der Waals surface area contributed by atoms with Crippen LogP contribution >= 0.6 is 11.8 Å². The third kappa shape index (κ3) is 4.79. The molecule has 3 N–H and O–H groups in total. The highest BCUT2D eigenvalue weighted by molar-refractivity contribution is 7.99. The summed E-state index contributed by atoms with van der Waals surface area (Å²) in [5, 5.41) is 3.60. The number of aromatic nitrogens is 2. The van der Waals surface area contributed by atoms with E-state index in [2.05, 4.69) is 10.3 Å². The van der Waals surface area contributed by atoms with E-state index in [1.165, 1.54) is 23.8 Å². The highest BCUT2D eigenvalue weighted by Crippen LogP contribution is 2.28. The number of hydrogen-bond acceptors (Lipinski definition) is 6. The van der Waals surface area contributed by atoms with Gasteiger partial charge in [-0.05, 0) is 61.0 Å². The first-order valence-electron chi connectivity index (χ1n) is 10.4. The van der Waals surface area contributed by atoms with Crippen molar-refractivity contribution in [3.05, 3.63) is 88.2 Å². The zero-order valence-electron chi connectivity index (χ0n) is 18.6. The van der Waals surface area contributed by atoms with Gasteiger partial charge in [-0.2, -0.15) is 0 Å². The summed E-state index contributed by atoms with van der Waals surface area (Å²) in [7, 11) is 1.54. The molecule has 4 aromatic rings. The average Bonchev–Trinajstić information content (AvgIpc) is 2.83. The van der Waals surface area contributed by atoms with Gasteiger partial charge in [0.2, 0.25) is 11.8 Å². The minimum absolute atomic E-state index is 0.0104. The largest absolute Gasteiger partial charge is 0.495 e. The lowest BCUT2D eigenvalue weighted by molar-refractivity contribution is -0.113. The van der Waals surface area contributed by atoms with E-state index in [9.17, 15) is 14.4 Å². The summed E-state index contributed by atoms with van der Waals surface area (Å²) in [4.78, 5) is 42.0. The number of thioether (sulfide) groups is 1. The normalized spacial score (nSPS) is 10.8. The second-order valence-corrected chi connectivity index (χ2v) is 8.45. The number of carbonyl (C=O) groups excluding carboxylic acids is 2. The summed E-state index contributed by atoms with van der Waals surface area (Å²) in [5.41, 5.74) is 7.92. The molecule has 1 heterocycles. The van der Waals surface area contributed by atoms with Crippen LogP contribution in [0.5, 0.6) is 5.75 Å². The molecular formula is C25H22N4O4S. The second kappa shape index (κ2) is 9.80. The molecule has 0 saturated heterocycles. The van der Waals surface area contributed by atoms with Gasteiger partial charge in [0.1, 0.15) is 5.75 Å².